The van der Waals surface area contributed by atoms with Crippen molar-refractivity contribution in [3.05, 3.63) is 24.4 Å². The average molecular weight is 137 g/mol. The number of hydrogen-bond donors (Lipinski definition) is 0. The first-order valence-corrected chi connectivity index (χ1v) is 3.63. The molecule has 0 aliphatic carbocycles. The van der Waals surface area contributed by atoms with Crippen LogP contribution in [0.4, 0.5) is 0 Å². The maximum atomic E-state index is 4.13. The first kappa shape index (κ1) is 9.15. The van der Waals surface area contributed by atoms with E-state index < -0.39 is 0 Å². The van der Waals surface area contributed by atoms with Crippen LogP contribution in [0.5, 0.6) is 0 Å². The fourth-order valence-corrected chi connectivity index (χ4v) is 0.524. The third kappa shape index (κ3) is 5.29. The van der Waals surface area contributed by atoms with Crippen LogP contribution in [0.25, 0.3) is 0 Å². The second kappa shape index (κ2) is 6.27. The van der Waals surface area contributed by atoms with Gasteiger partial charge in [0.05, 0.1) is 0 Å². The Morgan fingerprint density at radius 1 is 1.50 bits per heavy atom. The van der Waals surface area contributed by atoms with Gasteiger partial charge in [0.1, 0.15) is 0 Å². The molecule has 0 unspecified atom stereocenters. The maximum absolute atomic E-state index is 4.13. The van der Waals surface area contributed by atoms with Crippen LogP contribution in [0.1, 0.15) is 27.2 Å². The lowest BCUT2D eigenvalue weighted by atomic mass is 10.3. The highest BCUT2D eigenvalue weighted by Crippen LogP contribution is 1.85. The van der Waals surface area contributed by atoms with Crippen LogP contribution >= 0.6 is 0 Å². The second-order valence-electron chi connectivity index (χ2n) is 2.06. The quantitative estimate of drug-likeness (QED) is 0.530. The molecule has 0 heterocycles. The molecule has 0 spiro atoms. The molecule has 0 amide bonds. The third-order valence-corrected chi connectivity index (χ3v) is 1.02. The highest BCUT2D eigenvalue weighted by molar-refractivity contribution is 5.93. The molecule has 0 aliphatic heterocycles. The Kier molecular flexibility index (Phi) is 5.74. The predicted molar refractivity (Wildman–Crippen MR) is 47.4 cm³/mol. The number of allylic oxidation sites excluding steroid dienone is 3. The minimum Gasteiger partial charge on any atom is -0.262 e. The van der Waals surface area contributed by atoms with Gasteiger partial charge in [-0.25, -0.2) is 0 Å². The first-order valence-electron chi connectivity index (χ1n) is 3.63. The van der Waals surface area contributed by atoms with E-state index in [0.29, 0.717) is 0 Å². The number of hydrogen-bond acceptors (Lipinski definition) is 1. The highest BCUT2D eigenvalue weighted by Gasteiger charge is 1.76. The van der Waals surface area contributed by atoms with Gasteiger partial charge in [0, 0.05) is 11.9 Å². The van der Waals surface area contributed by atoms with Gasteiger partial charge in [0.2, 0.25) is 0 Å². The first-order chi connectivity index (χ1) is 4.81. The zero-order chi connectivity index (χ0) is 7.82. The summed E-state index contributed by atoms with van der Waals surface area (Å²) in [4.78, 5) is 4.13. The van der Waals surface area contributed by atoms with Crippen molar-refractivity contribution in [2.24, 2.45) is 4.99 Å². The summed E-state index contributed by atoms with van der Waals surface area (Å²) in [6.07, 6.45) is 8.92. The van der Waals surface area contributed by atoms with Crippen molar-refractivity contribution in [3.8, 4) is 0 Å². The van der Waals surface area contributed by atoms with E-state index in [1.165, 1.54) is 0 Å². The molecule has 0 bridgehead atoms. The van der Waals surface area contributed by atoms with Crippen LogP contribution in [0.15, 0.2) is 29.4 Å². The standard InChI is InChI=1S/C9H15N/c1-4-6-7-9(3)10-8-5-2/h5-8H,4H2,1-3H3/b7-6+,8-5-,10-9+. The molecule has 0 aromatic heterocycles. The van der Waals surface area contributed by atoms with E-state index in [9.17, 15) is 0 Å². The van der Waals surface area contributed by atoms with Crippen LogP contribution in [0.2, 0.25) is 0 Å². The molecule has 0 saturated heterocycles. The fraction of sp³-hybridized carbons (Fsp3) is 0.444. The zero-order valence-corrected chi connectivity index (χ0v) is 6.96. The molecule has 0 aromatic rings. The van der Waals surface area contributed by atoms with Crippen LogP contribution in [-0.2, 0) is 0 Å². The maximum Gasteiger partial charge on any atom is 0.0369 e. The van der Waals surface area contributed by atoms with Gasteiger partial charge in [0.15, 0.2) is 0 Å². The Hall–Kier alpha value is -0.850. The largest absolute Gasteiger partial charge is 0.262 e. The second-order valence-corrected chi connectivity index (χ2v) is 2.06. The summed E-state index contributed by atoms with van der Waals surface area (Å²) in [7, 11) is 0. The molecule has 0 saturated carbocycles. The minimum absolute atomic E-state index is 1.06. The fourth-order valence-electron chi connectivity index (χ4n) is 0.524. The summed E-state index contributed by atoms with van der Waals surface area (Å²) < 4.78 is 0. The summed E-state index contributed by atoms with van der Waals surface area (Å²) in [6.45, 7) is 6.06. The van der Waals surface area contributed by atoms with E-state index in [4.69, 9.17) is 0 Å². The van der Waals surface area contributed by atoms with Crippen LogP contribution in [0, 0.1) is 0 Å². The summed E-state index contributed by atoms with van der Waals surface area (Å²) in [5.74, 6) is 0. The lowest BCUT2D eigenvalue weighted by Crippen LogP contribution is -1.80. The normalized spacial score (nSPS) is 13.7. The molecule has 1 heteroatoms. The van der Waals surface area contributed by atoms with Crippen molar-refractivity contribution in [1.82, 2.24) is 0 Å². The molecule has 56 valence electrons. The summed E-state index contributed by atoms with van der Waals surface area (Å²) in [5, 5.41) is 0. The van der Waals surface area contributed by atoms with Gasteiger partial charge in [-0.1, -0.05) is 19.1 Å². The zero-order valence-electron chi connectivity index (χ0n) is 6.96. The Bertz CT molecular complexity index is 152. The highest BCUT2D eigenvalue weighted by atomic mass is 14.7. The van der Waals surface area contributed by atoms with Crippen molar-refractivity contribution < 1.29 is 0 Å². The molecular formula is C9H15N. The molecule has 0 radical (unpaired) electrons. The number of rotatable bonds is 3. The van der Waals surface area contributed by atoms with Crippen LogP contribution in [0.3, 0.4) is 0 Å². The van der Waals surface area contributed by atoms with Crippen molar-refractivity contribution in [2.75, 3.05) is 0 Å². The molecule has 0 rings (SSSR count). The lowest BCUT2D eigenvalue weighted by Gasteiger charge is -1.85. The predicted octanol–water partition coefficient (Wildman–Crippen LogP) is 2.95. The smallest absolute Gasteiger partial charge is 0.0369 e. The van der Waals surface area contributed by atoms with Crippen molar-refractivity contribution >= 4 is 5.71 Å². The number of aliphatic imine (C=N–C) groups is 1. The summed E-state index contributed by atoms with van der Waals surface area (Å²) in [6, 6.07) is 0. The summed E-state index contributed by atoms with van der Waals surface area (Å²) >= 11 is 0. The van der Waals surface area contributed by atoms with Gasteiger partial charge in [-0.15, -0.1) is 0 Å². The topological polar surface area (TPSA) is 12.4 Å². The van der Waals surface area contributed by atoms with Crippen LogP contribution < -0.4 is 0 Å². The Labute approximate surface area is 63.2 Å². The van der Waals surface area contributed by atoms with Gasteiger partial charge < -0.3 is 0 Å². The van der Waals surface area contributed by atoms with Crippen molar-refractivity contribution in [2.45, 2.75) is 27.2 Å². The average Bonchev–Trinajstić information content (AvgIpc) is 1.97. The minimum atomic E-state index is 1.06. The molecular weight excluding hydrogens is 122 g/mol. The SMILES string of the molecule is C\C=C/N=C(C)/C=C/CC. The van der Waals surface area contributed by atoms with E-state index >= 15 is 0 Å². The van der Waals surface area contributed by atoms with E-state index in [1.54, 1.807) is 6.20 Å². The monoisotopic (exact) mass is 137 g/mol. The van der Waals surface area contributed by atoms with Gasteiger partial charge in [-0.3, -0.25) is 4.99 Å². The number of nitrogens with zero attached hydrogens (tertiary/aromatic N) is 1. The van der Waals surface area contributed by atoms with Gasteiger partial charge >= 0.3 is 0 Å². The van der Waals surface area contributed by atoms with Gasteiger partial charge in [-0.05, 0) is 26.3 Å². The van der Waals surface area contributed by atoms with E-state index in [2.05, 4.69) is 18.0 Å². The molecule has 10 heavy (non-hydrogen) atoms. The third-order valence-electron chi connectivity index (χ3n) is 1.02. The van der Waals surface area contributed by atoms with Gasteiger partial charge in [0.25, 0.3) is 0 Å². The molecule has 0 aromatic carbocycles. The molecule has 0 aliphatic rings. The lowest BCUT2D eigenvalue weighted by molar-refractivity contribution is 1.23. The van der Waals surface area contributed by atoms with Crippen molar-refractivity contribution in [1.29, 1.82) is 0 Å². The Morgan fingerprint density at radius 3 is 2.70 bits per heavy atom. The molecule has 1 nitrogen and oxygen atoms in total. The Morgan fingerprint density at radius 2 is 2.20 bits per heavy atom. The van der Waals surface area contributed by atoms with E-state index in [-0.39, 0.29) is 0 Å². The molecule has 0 N–H and O–H groups in total. The summed E-state index contributed by atoms with van der Waals surface area (Å²) in [5.41, 5.74) is 1.06. The van der Waals surface area contributed by atoms with Crippen molar-refractivity contribution in [3.63, 3.8) is 0 Å². The Balaban J connectivity index is 3.81. The van der Waals surface area contributed by atoms with Gasteiger partial charge in [-0.2, -0.15) is 0 Å². The van der Waals surface area contributed by atoms with E-state index in [1.807, 2.05) is 26.0 Å². The molecule has 0 fully saturated rings. The molecule has 0 atom stereocenters. The van der Waals surface area contributed by atoms with Crippen LogP contribution in [-0.4, -0.2) is 5.71 Å². The van der Waals surface area contributed by atoms with E-state index in [0.717, 1.165) is 12.1 Å².